The minimum Gasteiger partial charge on any atom is -0.309 e. The van der Waals surface area contributed by atoms with Gasteiger partial charge in [-0.3, -0.25) is 0 Å². The zero-order valence-corrected chi connectivity index (χ0v) is 7.23. The predicted octanol–water partition coefficient (Wildman–Crippen LogP) is 1.87. The van der Waals surface area contributed by atoms with Gasteiger partial charge in [0.1, 0.15) is 0 Å². The lowest BCUT2D eigenvalue weighted by Gasteiger charge is -1.88. The molecule has 0 saturated carbocycles. The Morgan fingerprint density at radius 2 is 2.43 bits per heavy atom. The molecule has 0 bridgehead atoms. The highest BCUT2D eigenvalue weighted by Gasteiger charge is 1.85. The summed E-state index contributed by atoms with van der Waals surface area (Å²) in [5.41, 5.74) is 0. The van der Waals surface area contributed by atoms with Crippen molar-refractivity contribution in [2.45, 2.75) is 17.5 Å². The second-order valence-electron chi connectivity index (χ2n) is 1.30. The largest absolute Gasteiger partial charge is 0.309 e. The molecular formula is C4H9AlBrO. The van der Waals surface area contributed by atoms with Gasteiger partial charge in [0, 0.05) is 6.61 Å². The quantitative estimate of drug-likeness (QED) is 0.474. The molecule has 3 heteroatoms. The Morgan fingerprint density at radius 1 is 1.71 bits per heavy atom. The first-order valence-electron chi connectivity index (χ1n) is 2.47. The molecule has 0 aromatic heterocycles. The topological polar surface area (TPSA) is 9.23 Å². The van der Waals surface area contributed by atoms with Crippen LogP contribution in [0.5, 0.6) is 0 Å². The SMILES string of the molecule is C[CH2][Al][CH2]COBr. The van der Waals surface area contributed by atoms with E-state index < -0.39 is 0 Å². The van der Waals surface area contributed by atoms with Crippen molar-refractivity contribution >= 4 is 31.5 Å². The number of rotatable bonds is 4. The Hall–Kier alpha value is 0.972. The predicted molar refractivity (Wildman–Crippen MR) is 35.9 cm³/mol. The molecule has 0 spiro atoms. The molecule has 0 saturated heterocycles. The number of halogens is 1. The van der Waals surface area contributed by atoms with E-state index >= 15 is 0 Å². The lowest BCUT2D eigenvalue weighted by atomic mass is 10.9. The van der Waals surface area contributed by atoms with E-state index in [2.05, 4.69) is 27.0 Å². The monoisotopic (exact) mass is 179 g/mol. The highest BCUT2D eigenvalue weighted by Crippen LogP contribution is 1.89. The molecule has 41 valence electrons. The summed E-state index contributed by atoms with van der Waals surface area (Å²) in [6.45, 7) is 3.09. The molecule has 1 radical (unpaired) electrons. The molecule has 0 aliphatic rings. The zero-order valence-electron chi connectivity index (χ0n) is 4.48. The van der Waals surface area contributed by atoms with Crippen molar-refractivity contribution in [1.29, 1.82) is 0 Å². The summed E-state index contributed by atoms with van der Waals surface area (Å²) in [5.74, 6) is 0. The highest BCUT2D eigenvalue weighted by molar-refractivity contribution is 9.06. The zero-order chi connectivity index (χ0) is 5.54. The Morgan fingerprint density at radius 3 is 2.86 bits per heavy atom. The molecule has 0 N–H and O–H groups in total. The fraction of sp³-hybridized carbons (Fsp3) is 1.00. The van der Waals surface area contributed by atoms with Crippen LogP contribution in [0.15, 0.2) is 0 Å². The molecule has 0 aliphatic heterocycles. The molecule has 0 aliphatic carbocycles. The normalized spacial score (nSPS) is 8.86. The summed E-state index contributed by atoms with van der Waals surface area (Å²) >= 11 is 3.55. The summed E-state index contributed by atoms with van der Waals surface area (Å²) in [6, 6.07) is 0. The first kappa shape index (κ1) is 7.97. The molecule has 0 unspecified atom stereocenters. The van der Waals surface area contributed by atoms with Gasteiger partial charge in [-0.05, 0) is 0 Å². The van der Waals surface area contributed by atoms with Crippen molar-refractivity contribution < 1.29 is 3.83 Å². The van der Waals surface area contributed by atoms with Gasteiger partial charge in [-0.2, -0.15) is 0 Å². The smallest absolute Gasteiger partial charge is 0.203 e. The maximum Gasteiger partial charge on any atom is 0.203 e. The minimum atomic E-state index is 0.661. The van der Waals surface area contributed by atoms with Crippen molar-refractivity contribution in [2.75, 3.05) is 6.61 Å². The minimum absolute atomic E-state index is 0.661. The fourth-order valence-electron chi connectivity index (χ4n) is 0.332. The average molecular weight is 180 g/mol. The molecule has 0 aromatic rings. The third-order valence-electron chi connectivity index (χ3n) is 0.688. The van der Waals surface area contributed by atoms with E-state index in [1.807, 2.05) is 0 Å². The van der Waals surface area contributed by atoms with Gasteiger partial charge in [0.2, 0.25) is 15.2 Å². The van der Waals surface area contributed by atoms with Crippen molar-refractivity contribution in [2.24, 2.45) is 0 Å². The second-order valence-corrected chi connectivity index (χ2v) is 3.73. The van der Waals surface area contributed by atoms with Crippen LogP contribution in [-0.4, -0.2) is 21.8 Å². The first-order valence-corrected chi connectivity index (χ1v) is 4.75. The van der Waals surface area contributed by atoms with E-state index in [1.54, 1.807) is 0 Å². The molecule has 0 amide bonds. The van der Waals surface area contributed by atoms with Gasteiger partial charge in [-0.1, -0.05) is 12.2 Å². The number of hydrogen-bond donors (Lipinski definition) is 0. The van der Waals surface area contributed by atoms with Crippen LogP contribution in [0.3, 0.4) is 0 Å². The van der Waals surface area contributed by atoms with E-state index in [0.29, 0.717) is 15.2 Å². The van der Waals surface area contributed by atoms with E-state index in [-0.39, 0.29) is 0 Å². The molecule has 0 rings (SSSR count). The lowest BCUT2D eigenvalue weighted by Crippen LogP contribution is -1.89. The lowest BCUT2D eigenvalue weighted by molar-refractivity contribution is 0.425. The highest BCUT2D eigenvalue weighted by atomic mass is 79.9. The van der Waals surface area contributed by atoms with Gasteiger partial charge in [-0.25, -0.2) is 0 Å². The van der Waals surface area contributed by atoms with Crippen LogP contribution in [0.25, 0.3) is 0 Å². The van der Waals surface area contributed by atoms with Crippen molar-refractivity contribution in [3.05, 3.63) is 0 Å². The molecule has 0 atom stereocenters. The van der Waals surface area contributed by atoms with Crippen LogP contribution in [-0.2, 0) is 3.83 Å². The third kappa shape index (κ3) is 6.97. The van der Waals surface area contributed by atoms with Crippen LogP contribution in [0.1, 0.15) is 6.92 Å². The van der Waals surface area contributed by atoms with Gasteiger partial charge in [0.15, 0.2) is 0 Å². The fourth-order valence-corrected chi connectivity index (χ4v) is 1.56. The van der Waals surface area contributed by atoms with Gasteiger partial charge >= 0.3 is 0 Å². The molecule has 7 heavy (non-hydrogen) atoms. The maximum absolute atomic E-state index is 4.68. The van der Waals surface area contributed by atoms with Crippen LogP contribution < -0.4 is 0 Å². The van der Waals surface area contributed by atoms with E-state index in [0.717, 1.165) is 6.61 Å². The Bertz CT molecular complexity index is 30.9. The van der Waals surface area contributed by atoms with Crippen LogP contribution in [0.2, 0.25) is 10.6 Å². The van der Waals surface area contributed by atoms with Gasteiger partial charge in [0.25, 0.3) is 0 Å². The summed E-state index contributed by atoms with van der Waals surface area (Å²) in [4.78, 5) is 0. The van der Waals surface area contributed by atoms with Crippen LogP contribution in [0.4, 0.5) is 0 Å². The maximum atomic E-state index is 4.68. The van der Waals surface area contributed by atoms with E-state index in [9.17, 15) is 0 Å². The molecule has 0 heterocycles. The summed E-state index contributed by atoms with van der Waals surface area (Å²) in [7, 11) is 0. The Kier molecular flexibility index (Phi) is 7.94. The van der Waals surface area contributed by atoms with E-state index in [4.69, 9.17) is 0 Å². The molecule has 0 fully saturated rings. The molecule has 0 aromatic carbocycles. The Labute approximate surface area is 59.6 Å². The Balaban J connectivity index is 2.45. The first-order chi connectivity index (χ1) is 3.41. The van der Waals surface area contributed by atoms with E-state index in [1.165, 1.54) is 10.6 Å². The standard InChI is InChI=1S/C2H4BrO.C2H5.Al/c1-2-4-3;1-2;/h1-2H2;1H2,2H3;. The van der Waals surface area contributed by atoms with Gasteiger partial charge in [-0.15, -0.1) is 5.28 Å². The van der Waals surface area contributed by atoms with Crippen LogP contribution in [0, 0.1) is 0 Å². The third-order valence-corrected chi connectivity index (χ3v) is 2.23. The molecule has 1 nitrogen and oxygen atoms in total. The van der Waals surface area contributed by atoms with Crippen molar-refractivity contribution in [3.63, 3.8) is 0 Å². The van der Waals surface area contributed by atoms with Crippen molar-refractivity contribution in [1.82, 2.24) is 0 Å². The summed E-state index contributed by atoms with van der Waals surface area (Å²) in [5, 5.41) is 2.60. The number of hydrogen-bond acceptors (Lipinski definition) is 1. The average Bonchev–Trinajstić information content (AvgIpc) is 1.69. The molecular weight excluding hydrogens is 171 g/mol. The summed E-state index contributed by atoms with van der Waals surface area (Å²) in [6.07, 6.45) is 0. The summed E-state index contributed by atoms with van der Waals surface area (Å²) < 4.78 is 4.68. The van der Waals surface area contributed by atoms with Crippen molar-refractivity contribution in [3.8, 4) is 0 Å². The van der Waals surface area contributed by atoms with Gasteiger partial charge in [0.05, 0.1) is 16.3 Å². The van der Waals surface area contributed by atoms with Gasteiger partial charge < -0.3 is 3.83 Å². The second kappa shape index (κ2) is 6.97. The van der Waals surface area contributed by atoms with Crippen LogP contribution >= 0.6 is 16.3 Å².